The van der Waals surface area contributed by atoms with E-state index in [1.807, 2.05) is 0 Å². The predicted octanol–water partition coefficient (Wildman–Crippen LogP) is -6.55. The van der Waals surface area contributed by atoms with Gasteiger partial charge in [-0.2, -0.15) is 0 Å². The average Bonchev–Trinajstić information content (AvgIpc) is 2.79. The van der Waals surface area contributed by atoms with E-state index < -0.39 is 105 Å². The standard InChI is InChI=1S/C18H32O15/c1-4-7(21)10(24)12(26)17(29-4)32-14-9(23)6(3-20)30-16(28)15(14)33-18-13(27)11(25)8(22)5(2-19)31-18/h4-28H,2-3H2,1H3/t4-,5+,6+,7-,8+,9+,10+,11-,12+,13-,14-,15+,16+,17-,18+/m0/s1. The average molecular weight is 488 g/mol. The maximum atomic E-state index is 10.6. The Morgan fingerprint density at radius 1 is 0.545 bits per heavy atom. The molecule has 0 unspecified atom stereocenters. The molecule has 0 aromatic rings. The van der Waals surface area contributed by atoms with Gasteiger partial charge in [0.05, 0.1) is 19.3 Å². The summed E-state index contributed by atoms with van der Waals surface area (Å²) in [6.45, 7) is -0.107. The molecule has 3 fully saturated rings. The minimum atomic E-state index is -1.89. The van der Waals surface area contributed by atoms with Crippen LogP contribution in [0.5, 0.6) is 0 Å². The summed E-state index contributed by atoms with van der Waals surface area (Å²) in [7, 11) is 0. The number of ether oxygens (including phenoxy) is 5. The molecule has 0 aromatic carbocycles. The number of hydrogen-bond acceptors (Lipinski definition) is 15. The summed E-state index contributed by atoms with van der Waals surface area (Å²) in [5.74, 6) is 0. The van der Waals surface area contributed by atoms with Crippen molar-refractivity contribution < 1.29 is 74.7 Å². The molecule has 0 aliphatic carbocycles. The Balaban J connectivity index is 1.82. The van der Waals surface area contributed by atoms with E-state index in [1.54, 1.807) is 0 Å². The third kappa shape index (κ3) is 5.32. The van der Waals surface area contributed by atoms with E-state index in [1.165, 1.54) is 6.92 Å². The number of rotatable bonds is 6. The van der Waals surface area contributed by atoms with Gasteiger partial charge in [-0.1, -0.05) is 0 Å². The zero-order chi connectivity index (χ0) is 24.6. The van der Waals surface area contributed by atoms with E-state index in [4.69, 9.17) is 23.7 Å². The van der Waals surface area contributed by atoms with E-state index in [9.17, 15) is 51.1 Å². The lowest BCUT2D eigenvalue weighted by Crippen LogP contribution is -2.66. The van der Waals surface area contributed by atoms with Crippen molar-refractivity contribution in [3.63, 3.8) is 0 Å². The highest BCUT2D eigenvalue weighted by atomic mass is 16.8. The number of hydrogen-bond donors (Lipinski definition) is 10. The second kappa shape index (κ2) is 11.0. The van der Waals surface area contributed by atoms with Gasteiger partial charge in [-0.15, -0.1) is 0 Å². The fraction of sp³-hybridized carbons (Fsp3) is 1.00. The molecule has 3 aliphatic rings. The first-order chi connectivity index (χ1) is 15.5. The molecular weight excluding hydrogens is 456 g/mol. The third-order valence-corrected chi connectivity index (χ3v) is 6.06. The minimum Gasteiger partial charge on any atom is -0.394 e. The van der Waals surface area contributed by atoms with Crippen LogP contribution in [-0.4, -0.2) is 156 Å². The molecule has 15 heteroatoms. The van der Waals surface area contributed by atoms with Gasteiger partial charge < -0.3 is 74.7 Å². The molecule has 3 aliphatic heterocycles. The second-order valence-corrected chi connectivity index (χ2v) is 8.32. The van der Waals surface area contributed by atoms with Gasteiger partial charge in [-0.25, -0.2) is 0 Å². The van der Waals surface area contributed by atoms with Crippen LogP contribution in [0, 0.1) is 0 Å². The summed E-state index contributed by atoms with van der Waals surface area (Å²) in [5, 5.41) is 100.0. The molecule has 3 rings (SSSR count). The Labute approximate surface area is 187 Å². The van der Waals surface area contributed by atoms with Crippen molar-refractivity contribution in [2.45, 2.75) is 99.0 Å². The van der Waals surface area contributed by atoms with Crippen LogP contribution in [0.2, 0.25) is 0 Å². The quantitative estimate of drug-likeness (QED) is 0.167. The van der Waals surface area contributed by atoms with Gasteiger partial charge in [-0.05, 0) is 6.92 Å². The first kappa shape index (κ1) is 27.0. The van der Waals surface area contributed by atoms with Crippen molar-refractivity contribution >= 4 is 0 Å². The Kier molecular flexibility index (Phi) is 8.99. The lowest BCUT2D eigenvalue weighted by molar-refractivity contribution is -0.386. The lowest BCUT2D eigenvalue weighted by atomic mass is 9.96. The van der Waals surface area contributed by atoms with Crippen LogP contribution in [0.1, 0.15) is 6.92 Å². The van der Waals surface area contributed by atoms with Crippen LogP contribution in [0.4, 0.5) is 0 Å². The maximum absolute atomic E-state index is 10.6. The topological polar surface area (TPSA) is 248 Å². The Morgan fingerprint density at radius 2 is 1.03 bits per heavy atom. The van der Waals surface area contributed by atoms with Crippen LogP contribution < -0.4 is 0 Å². The van der Waals surface area contributed by atoms with Crippen LogP contribution in [-0.2, 0) is 23.7 Å². The van der Waals surface area contributed by atoms with Crippen molar-refractivity contribution in [3.8, 4) is 0 Å². The van der Waals surface area contributed by atoms with Gasteiger partial charge in [0.2, 0.25) is 0 Å². The van der Waals surface area contributed by atoms with Gasteiger partial charge in [0, 0.05) is 0 Å². The molecule has 10 N–H and O–H groups in total. The van der Waals surface area contributed by atoms with Crippen LogP contribution in [0.15, 0.2) is 0 Å². The van der Waals surface area contributed by atoms with Gasteiger partial charge in [0.25, 0.3) is 0 Å². The molecule has 33 heavy (non-hydrogen) atoms. The summed E-state index contributed by atoms with van der Waals surface area (Å²) in [4.78, 5) is 0. The molecule has 15 atom stereocenters. The Hall–Kier alpha value is -0.600. The first-order valence-corrected chi connectivity index (χ1v) is 10.4. The second-order valence-electron chi connectivity index (χ2n) is 8.32. The zero-order valence-electron chi connectivity index (χ0n) is 17.6. The number of aliphatic hydroxyl groups excluding tert-OH is 10. The fourth-order valence-electron chi connectivity index (χ4n) is 3.97. The van der Waals surface area contributed by atoms with E-state index in [0.29, 0.717) is 0 Å². The smallest absolute Gasteiger partial charge is 0.187 e. The molecular formula is C18H32O15. The zero-order valence-corrected chi connectivity index (χ0v) is 17.6. The highest BCUT2D eigenvalue weighted by Crippen LogP contribution is 2.32. The molecule has 3 saturated heterocycles. The van der Waals surface area contributed by atoms with Crippen LogP contribution in [0.3, 0.4) is 0 Å². The van der Waals surface area contributed by atoms with Crippen molar-refractivity contribution in [1.29, 1.82) is 0 Å². The van der Waals surface area contributed by atoms with Gasteiger partial charge >= 0.3 is 0 Å². The monoisotopic (exact) mass is 488 g/mol. The van der Waals surface area contributed by atoms with Gasteiger partial charge in [0.15, 0.2) is 18.9 Å². The van der Waals surface area contributed by atoms with E-state index in [2.05, 4.69) is 0 Å². The molecule has 194 valence electrons. The summed E-state index contributed by atoms with van der Waals surface area (Å²) in [6.07, 6.45) is -24.1. The van der Waals surface area contributed by atoms with Gasteiger partial charge in [0.1, 0.15) is 67.1 Å². The molecule has 0 aromatic heterocycles. The number of aliphatic hydroxyl groups is 10. The minimum absolute atomic E-state index is 0.746. The molecule has 0 saturated carbocycles. The van der Waals surface area contributed by atoms with E-state index in [0.717, 1.165) is 0 Å². The summed E-state index contributed by atoms with van der Waals surface area (Å²) < 4.78 is 26.7. The molecule has 0 radical (unpaired) electrons. The molecule has 0 bridgehead atoms. The fourth-order valence-corrected chi connectivity index (χ4v) is 3.97. The first-order valence-electron chi connectivity index (χ1n) is 10.4. The highest BCUT2D eigenvalue weighted by molar-refractivity contribution is 4.95. The van der Waals surface area contributed by atoms with Crippen molar-refractivity contribution in [3.05, 3.63) is 0 Å². The van der Waals surface area contributed by atoms with Crippen molar-refractivity contribution in [1.82, 2.24) is 0 Å². The van der Waals surface area contributed by atoms with Crippen LogP contribution in [0.25, 0.3) is 0 Å². The molecule has 15 nitrogen and oxygen atoms in total. The Bertz CT molecular complexity index is 624. The van der Waals surface area contributed by atoms with Crippen molar-refractivity contribution in [2.24, 2.45) is 0 Å². The normalized spacial score (nSPS) is 53.7. The highest BCUT2D eigenvalue weighted by Gasteiger charge is 2.53. The molecule has 0 amide bonds. The lowest BCUT2D eigenvalue weighted by Gasteiger charge is -2.48. The van der Waals surface area contributed by atoms with E-state index in [-0.39, 0.29) is 0 Å². The van der Waals surface area contributed by atoms with Crippen LogP contribution >= 0.6 is 0 Å². The molecule has 0 spiro atoms. The van der Waals surface area contributed by atoms with Crippen molar-refractivity contribution in [2.75, 3.05) is 13.2 Å². The third-order valence-electron chi connectivity index (χ3n) is 6.06. The maximum Gasteiger partial charge on any atom is 0.187 e. The summed E-state index contributed by atoms with van der Waals surface area (Å²) in [5.41, 5.74) is 0. The summed E-state index contributed by atoms with van der Waals surface area (Å²) in [6, 6.07) is 0. The summed E-state index contributed by atoms with van der Waals surface area (Å²) >= 11 is 0. The largest absolute Gasteiger partial charge is 0.394 e. The predicted molar refractivity (Wildman–Crippen MR) is 99.8 cm³/mol. The van der Waals surface area contributed by atoms with E-state index >= 15 is 0 Å². The molecule has 3 heterocycles. The Morgan fingerprint density at radius 3 is 1.61 bits per heavy atom. The SMILES string of the molecule is C[C@@H]1O[C@@H](O[C@H]2[C@H](O)[C@@H](CO)O[C@@H](O)[C@@H]2O[C@H]2O[C@H](CO)[C@@H](O)[C@H](O)[C@@H]2O)[C@H](O)[C@H](O)[C@H]1O. The van der Waals surface area contributed by atoms with Gasteiger partial charge in [-0.3, -0.25) is 0 Å².